The van der Waals surface area contributed by atoms with Crippen molar-refractivity contribution in [3.05, 3.63) is 82.5 Å². The number of hydrogen-bond acceptors (Lipinski definition) is 4. The van der Waals surface area contributed by atoms with Gasteiger partial charge in [0.15, 0.2) is 0 Å². The second kappa shape index (κ2) is 7.50. The minimum absolute atomic E-state index is 0.206. The molecule has 3 aromatic carbocycles. The third-order valence-electron chi connectivity index (χ3n) is 4.16. The summed E-state index contributed by atoms with van der Waals surface area (Å²) in [6.07, 6.45) is 1.81. The molecule has 1 fully saturated rings. The van der Waals surface area contributed by atoms with Gasteiger partial charge in [-0.25, -0.2) is 4.39 Å². The summed E-state index contributed by atoms with van der Waals surface area (Å²) in [6.45, 7) is 0.298. The molecule has 1 N–H and O–H groups in total. The van der Waals surface area contributed by atoms with Crippen LogP contribution in [0.4, 0.5) is 4.39 Å². The van der Waals surface area contributed by atoms with Crippen LogP contribution in [0.15, 0.2) is 65.6 Å². The summed E-state index contributed by atoms with van der Waals surface area (Å²) in [5, 5.41) is 4.65. The SMILES string of the molecule is O=C1NC(=S)S/C1=C\c1c(OCc2ccc(F)cc2)ccc2ccccc12. The van der Waals surface area contributed by atoms with Crippen molar-refractivity contribution in [1.29, 1.82) is 0 Å². The lowest BCUT2D eigenvalue weighted by molar-refractivity contribution is -0.115. The molecular formula is C21H14FNO2S2. The molecule has 1 heterocycles. The number of carbonyl (C=O) groups is 1. The van der Waals surface area contributed by atoms with E-state index in [2.05, 4.69) is 5.32 Å². The van der Waals surface area contributed by atoms with Gasteiger partial charge >= 0.3 is 0 Å². The van der Waals surface area contributed by atoms with Gasteiger partial charge in [-0.2, -0.15) is 0 Å². The molecule has 1 aliphatic heterocycles. The van der Waals surface area contributed by atoms with Crippen molar-refractivity contribution >= 4 is 51.1 Å². The van der Waals surface area contributed by atoms with Crippen LogP contribution in [-0.2, 0) is 11.4 Å². The molecule has 134 valence electrons. The van der Waals surface area contributed by atoms with Crippen molar-refractivity contribution in [2.24, 2.45) is 0 Å². The number of amides is 1. The van der Waals surface area contributed by atoms with Gasteiger partial charge in [0.05, 0.1) is 4.91 Å². The number of hydrogen-bond donors (Lipinski definition) is 1. The van der Waals surface area contributed by atoms with Gasteiger partial charge in [-0.05, 0) is 40.6 Å². The molecule has 3 aromatic rings. The highest BCUT2D eigenvalue weighted by Gasteiger charge is 2.23. The van der Waals surface area contributed by atoms with Gasteiger partial charge in [-0.15, -0.1) is 0 Å². The Labute approximate surface area is 165 Å². The summed E-state index contributed by atoms with van der Waals surface area (Å²) >= 11 is 6.31. The summed E-state index contributed by atoms with van der Waals surface area (Å²) in [5.41, 5.74) is 1.68. The Morgan fingerprint density at radius 2 is 1.85 bits per heavy atom. The second-order valence-electron chi connectivity index (χ2n) is 5.97. The molecule has 0 unspecified atom stereocenters. The zero-order chi connectivity index (χ0) is 18.8. The highest BCUT2D eigenvalue weighted by Crippen LogP contribution is 2.34. The first-order valence-corrected chi connectivity index (χ1v) is 9.46. The fraction of sp³-hybridized carbons (Fsp3) is 0.0476. The predicted molar refractivity (Wildman–Crippen MR) is 111 cm³/mol. The highest BCUT2D eigenvalue weighted by molar-refractivity contribution is 8.26. The minimum atomic E-state index is -0.282. The molecule has 0 bridgehead atoms. The molecular weight excluding hydrogens is 381 g/mol. The number of thioether (sulfide) groups is 1. The van der Waals surface area contributed by atoms with E-state index in [4.69, 9.17) is 17.0 Å². The lowest BCUT2D eigenvalue weighted by atomic mass is 10.0. The topological polar surface area (TPSA) is 38.3 Å². The van der Waals surface area contributed by atoms with E-state index in [0.717, 1.165) is 21.9 Å². The van der Waals surface area contributed by atoms with Gasteiger partial charge in [0.25, 0.3) is 5.91 Å². The van der Waals surface area contributed by atoms with Gasteiger partial charge in [-0.3, -0.25) is 4.79 Å². The lowest BCUT2D eigenvalue weighted by Gasteiger charge is -2.12. The standard InChI is InChI=1S/C21H14FNO2S2/c22-15-8-5-13(6-9-15)12-25-18-10-7-14-3-1-2-4-16(14)17(18)11-19-20(24)23-21(26)27-19/h1-11H,12H2,(H,23,24,26)/b19-11-. The first-order chi connectivity index (χ1) is 13.1. The van der Waals surface area contributed by atoms with E-state index in [-0.39, 0.29) is 11.7 Å². The molecule has 1 aliphatic rings. The monoisotopic (exact) mass is 395 g/mol. The van der Waals surface area contributed by atoms with Crippen LogP contribution >= 0.6 is 24.0 Å². The Morgan fingerprint density at radius 1 is 1.07 bits per heavy atom. The van der Waals surface area contributed by atoms with Crippen LogP contribution in [0.2, 0.25) is 0 Å². The average Bonchev–Trinajstić information content (AvgIpc) is 2.99. The largest absolute Gasteiger partial charge is 0.488 e. The van der Waals surface area contributed by atoms with Crippen LogP contribution in [0.5, 0.6) is 5.75 Å². The molecule has 0 radical (unpaired) electrons. The summed E-state index contributed by atoms with van der Waals surface area (Å²) in [4.78, 5) is 12.6. The Morgan fingerprint density at radius 3 is 2.59 bits per heavy atom. The molecule has 3 nitrogen and oxygen atoms in total. The molecule has 6 heteroatoms. The first kappa shape index (κ1) is 17.7. The van der Waals surface area contributed by atoms with Crippen molar-refractivity contribution in [3.8, 4) is 5.75 Å². The third kappa shape index (κ3) is 3.86. The van der Waals surface area contributed by atoms with Crippen molar-refractivity contribution in [1.82, 2.24) is 5.32 Å². The summed E-state index contributed by atoms with van der Waals surface area (Å²) in [7, 11) is 0. The average molecular weight is 395 g/mol. The number of carbonyl (C=O) groups excluding carboxylic acids is 1. The zero-order valence-electron chi connectivity index (χ0n) is 14.1. The molecule has 0 aromatic heterocycles. The molecule has 0 saturated carbocycles. The van der Waals surface area contributed by atoms with Gasteiger partial charge in [0.2, 0.25) is 0 Å². The zero-order valence-corrected chi connectivity index (χ0v) is 15.7. The lowest BCUT2D eigenvalue weighted by Crippen LogP contribution is -2.17. The molecule has 0 aliphatic carbocycles. The summed E-state index contributed by atoms with van der Waals surface area (Å²) in [6, 6.07) is 17.9. The molecule has 0 spiro atoms. The maximum atomic E-state index is 13.1. The quantitative estimate of drug-likeness (QED) is 0.496. The molecule has 4 rings (SSSR count). The van der Waals surface area contributed by atoms with E-state index in [1.807, 2.05) is 42.5 Å². The number of fused-ring (bicyclic) bond motifs is 1. The number of benzene rings is 3. The van der Waals surface area contributed by atoms with Gasteiger partial charge in [-0.1, -0.05) is 66.4 Å². The highest BCUT2D eigenvalue weighted by atomic mass is 32.2. The number of nitrogens with one attached hydrogen (secondary N) is 1. The van der Waals surface area contributed by atoms with E-state index < -0.39 is 0 Å². The maximum absolute atomic E-state index is 13.1. The Hall–Kier alpha value is -2.70. The second-order valence-corrected chi connectivity index (χ2v) is 7.68. The molecule has 1 saturated heterocycles. The fourth-order valence-corrected chi connectivity index (χ4v) is 3.87. The Kier molecular flexibility index (Phi) is 4.92. The number of thiocarbonyl (C=S) groups is 1. The Bertz CT molecular complexity index is 1080. The van der Waals surface area contributed by atoms with Crippen molar-refractivity contribution in [2.75, 3.05) is 0 Å². The van der Waals surface area contributed by atoms with Gasteiger partial charge in [0.1, 0.15) is 22.5 Å². The van der Waals surface area contributed by atoms with Crippen LogP contribution < -0.4 is 10.1 Å². The predicted octanol–water partition coefficient (Wildman–Crippen LogP) is 5.05. The normalized spacial score (nSPS) is 15.4. The molecule has 0 atom stereocenters. The van der Waals surface area contributed by atoms with Crippen molar-refractivity contribution in [3.63, 3.8) is 0 Å². The minimum Gasteiger partial charge on any atom is -0.488 e. The molecule has 1 amide bonds. The maximum Gasteiger partial charge on any atom is 0.263 e. The van der Waals surface area contributed by atoms with E-state index in [1.165, 1.54) is 23.9 Å². The smallest absolute Gasteiger partial charge is 0.263 e. The van der Waals surface area contributed by atoms with Crippen molar-refractivity contribution < 1.29 is 13.9 Å². The van der Waals surface area contributed by atoms with E-state index in [9.17, 15) is 9.18 Å². The van der Waals surface area contributed by atoms with Crippen LogP contribution in [0.1, 0.15) is 11.1 Å². The van der Waals surface area contributed by atoms with Crippen LogP contribution in [0.25, 0.3) is 16.8 Å². The fourth-order valence-electron chi connectivity index (χ4n) is 2.84. The number of halogens is 1. The van der Waals surface area contributed by atoms with Crippen LogP contribution in [-0.4, -0.2) is 10.2 Å². The van der Waals surface area contributed by atoms with E-state index >= 15 is 0 Å². The molecule has 27 heavy (non-hydrogen) atoms. The van der Waals surface area contributed by atoms with E-state index in [1.54, 1.807) is 12.1 Å². The summed E-state index contributed by atoms with van der Waals surface area (Å²) in [5.74, 6) is 0.161. The third-order valence-corrected chi connectivity index (χ3v) is 5.32. The van der Waals surface area contributed by atoms with Crippen molar-refractivity contribution in [2.45, 2.75) is 6.61 Å². The summed E-state index contributed by atoms with van der Waals surface area (Å²) < 4.78 is 19.5. The van der Waals surface area contributed by atoms with Crippen LogP contribution in [0.3, 0.4) is 0 Å². The van der Waals surface area contributed by atoms with Crippen LogP contribution in [0, 0.1) is 5.82 Å². The van der Waals surface area contributed by atoms with E-state index in [0.29, 0.717) is 21.6 Å². The number of rotatable bonds is 4. The number of ether oxygens (including phenoxy) is 1. The van der Waals surface area contributed by atoms with Gasteiger partial charge < -0.3 is 10.1 Å². The van der Waals surface area contributed by atoms with Gasteiger partial charge in [0, 0.05) is 5.56 Å². The first-order valence-electron chi connectivity index (χ1n) is 8.24. The Balaban J connectivity index is 1.73.